The van der Waals surface area contributed by atoms with Crippen LogP contribution >= 0.6 is 0 Å². The van der Waals surface area contributed by atoms with Gasteiger partial charge in [-0.05, 0) is 24.5 Å². The van der Waals surface area contributed by atoms with Crippen LogP contribution in [-0.4, -0.2) is 12.5 Å². The van der Waals surface area contributed by atoms with E-state index in [0.29, 0.717) is 17.9 Å². The average molecular weight is 232 g/mol. The highest BCUT2D eigenvalue weighted by Crippen LogP contribution is 2.30. The van der Waals surface area contributed by atoms with Crippen molar-refractivity contribution in [3.05, 3.63) is 28.8 Å². The van der Waals surface area contributed by atoms with E-state index in [1.807, 2.05) is 13.8 Å². The van der Waals surface area contributed by atoms with Crippen molar-refractivity contribution < 1.29 is 9.53 Å². The minimum atomic E-state index is -0.583. The van der Waals surface area contributed by atoms with Crippen molar-refractivity contribution in [2.75, 3.05) is 6.61 Å². The van der Waals surface area contributed by atoms with E-state index in [-0.39, 0.29) is 11.5 Å². The van der Waals surface area contributed by atoms with Crippen LogP contribution in [-0.2, 0) is 0 Å². The summed E-state index contributed by atoms with van der Waals surface area (Å²) in [7, 11) is 0. The first-order valence-corrected chi connectivity index (χ1v) is 5.52. The van der Waals surface area contributed by atoms with Gasteiger partial charge in [-0.3, -0.25) is 4.79 Å². The zero-order valence-corrected chi connectivity index (χ0v) is 10.3. The van der Waals surface area contributed by atoms with Crippen molar-refractivity contribution in [1.29, 1.82) is 5.26 Å². The van der Waals surface area contributed by atoms with Crippen molar-refractivity contribution >= 4 is 5.91 Å². The fraction of sp³-hybridized carbons (Fsp3) is 0.385. The number of amides is 1. The molecule has 0 saturated carbocycles. The predicted molar refractivity (Wildman–Crippen MR) is 64.9 cm³/mol. The molecular formula is C13H16N2O2. The molecule has 0 bridgehead atoms. The van der Waals surface area contributed by atoms with E-state index in [9.17, 15) is 10.1 Å². The van der Waals surface area contributed by atoms with Crippen LogP contribution in [0.5, 0.6) is 5.75 Å². The minimum absolute atomic E-state index is 0.186. The summed E-state index contributed by atoms with van der Waals surface area (Å²) < 4.78 is 5.39. The number of carbonyl (C=O) groups excluding carboxylic acids is 1. The number of carbonyl (C=O) groups is 1. The Kier molecular flexibility index (Phi) is 4.11. The molecule has 0 heterocycles. The molecule has 1 amide bonds. The van der Waals surface area contributed by atoms with Gasteiger partial charge < -0.3 is 10.5 Å². The smallest absolute Gasteiger partial charge is 0.252 e. The fourth-order valence-corrected chi connectivity index (χ4v) is 1.68. The monoisotopic (exact) mass is 232 g/mol. The Bertz CT molecular complexity index is 473. The van der Waals surface area contributed by atoms with E-state index >= 15 is 0 Å². The minimum Gasteiger partial charge on any atom is -0.492 e. The summed E-state index contributed by atoms with van der Waals surface area (Å²) >= 11 is 0. The average Bonchev–Trinajstić information content (AvgIpc) is 2.28. The molecule has 0 aliphatic rings. The summed E-state index contributed by atoms with van der Waals surface area (Å²) in [5.74, 6) is -0.0975. The molecule has 0 fully saturated rings. The number of nitrogens with zero attached hydrogens (tertiary/aromatic N) is 1. The first kappa shape index (κ1) is 13.0. The lowest BCUT2D eigenvalue weighted by Gasteiger charge is -2.15. The first-order valence-electron chi connectivity index (χ1n) is 5.52. The van der Waals surface area contributed by atoms with Crippen molar-refractivity contribution in [1.82, 2.24) is 0 Å². The maximum absolute atomic E-state index is 11.3. The fourth-order valence-electron chi connectivity index (χ4n) is 1.68. The maximum atomic E-state index is 11.3. The molecule has 0 atom stereocenters. The number of nitriles is 1. The highest BCUT2D eigenvalue weighted by molar-refractivity contribution is 5.96. The lowest BCUT2D eigenvalue weighted by atomic mass is 9.94. The number of nitrogens with two attached hydrogens (primary N) is 1. The second-order valence-corrected chi connectivity index (χ2v) is 3.97. The molecule has 17 heavy (non-hydrogen) atoms. The summed E-state index contributed by atoms with van der Waals surface area (Å²) in [5, 5.41) is 9.20. The maximum Gasteiger partial charge on any atom is 0.252 e. The Hall–Kier alpha value is -2.02. The van der Waals surface area contributed by atoms with Crippen LogP contribution in [0.1, 0.15) is 48.2 Å². The van der Waals surface area contributed by atoms with E-state index in [1.165, 1.54) is 0 Å². The van der Waals surface area contributed by atoms with E-state index in [4.69, 9.17) is 10.5 Å². The Morgan fingerprint density at radius 3 is 2.59 bits per heavy atom. The van der Waals surface area contributed by atoms with Crippen LogP contribution in [0.25, 0.3) is 0 Å². The van der Waals surface area contributed by atoms with E-state index < -0.39 is 5.91 Å². The number of hydrogen-bond donors (Lipinski definition) is 1. The van der Waals surface area contributed by atoms with Gasteiger partial charge in [0.2, 0.25) is 0 Å². The highest BCUT2D eigenvalue weighted by Gasteiger charge is 2.19. The number of primary amides is 1. The van der Waals surface area contributed by atoms with Gasteiger partial charge in [0.05, 0.1) is 17.7 Å². The Balaban J connectivity index is 3.50. The molecule has 1 rings (SSSR count). The quantitative estimate of drug-likeness (QED) is 0.864. The number of benzene rings is 1. The van der Waals surface area contributed by atoms with Gasteiger partial charge in [0.15, 0.2) is 0 Å². The Morgan fingerprint density at radius 1 is 1.53 bits per heavy atom. The lowest BCUT2D eigenvalue weighted by Crippen LogP contribution is -2.15. The van der Waals surface area contributed by atoms with Gasteiger partial charge in [0, 0.05) is 0 Å². The Morgan fingerprint density at radius 2 is 2.18 bits per heavy atom. The summed E-state index contributed by atoms with van der Waals surface area (Å²) in [4.78, 5) is 11.3. The van der Waals surface area contributed by atoms with E-state index in [1.54, 1.807) is 19.1 Å². The van der Waals surface area contributed by atoms with Crippen LogP contribution in [0.3, 0.4) is 0 Å². The molecule has 1 aromatic carbocycles. The third-order valence-corrected chi connectivity index (χ3v) is 2.48. The van der Waals surface area contributed by atoms with Crippen molar-refractivity contribution in [2.24, 2.45) is 5.73 Å². The third-order valence-electron chi connectivity index (χ3n) is 2.48. The summed E-state index contributed by atoms with van der Waals surface area (Å²) in [6.45, 7) is 6.15. The second-order valence-electron chi connectivity index (χ2n) is 3.97. The number of rotatable bonds is 4. The highest BCUT2D eigenvalue weighted by atomic mass is 16.5. The number of ether oxygens (including phenoxy) is 1. The molecule has 0 aromatic heterocycles. The predicted octanol–water partition coefficient (Wildman–Crippen LogP) is 2.18. The summed E-state index contributed by atoms with van der Waals surface area (Å²) in [5.41, 5.74) is 6.79. The van der Waals surface area contributed by atoms with E-state index in [0.717, 1.165) is 5.56 Å². The van der Waals surface area contributed by atoms with Gasteiger partial charge in [-0.15, -0.1) is 0 Å². The number of hydrogen-bond acceptors (Lipinski definition) is 3. The standard InChI is InChI=1S/C13H16N2O2/c1-4-17-12-10(13(15)16)6-5-9(8(2)3)11(12)7-14/h5-6,8H,4H2,1-3H3,(H2,15,16). The van der Waals surface area contributed by atoms with Crippen LogP contribution < -0.4 is 10.5 Å². The molecule has 0 saturated heterocycles. The summed E-state index contributed by atoms with van der Waals surface area (Å²) in [6, 6.07) is 5.46. The van der Waals surface area contributed by atoms with Crippen LogP contribution in [0.4, 0.5) is 0 Å². The zero-order chi connectivity index (χ0) is 13.0. The largest absolute Gasteiger partial charge is 0.492 e. The van der Waals surface area contributed by atoms with Crippen LogP contribution in [0.15, 0.2) is 12.1 Å². The lowest BCUT2D eigenvalue weighted by molar-refractivity contribution is 0.0996. The van der Waals surface area contributed by atoms with E-state index in [2.05, 4.69) is 6.07 Å². The summed E-state index contributed by atoms with van der Waals surface area (Å²) in [6.07, 6.45) is 0. The first-order chi connectivity index (χ1) is 8.02. The molecule has 4 heteroatoms. The van der Waals surface area contributed by atoms with Gasteiger partial charge >= 0.3 is 0 Å². The molecule has 2 N–H and O–H groups in total. The normalized spacial score (nSPS) is 10.1. The second kappa shape index (κ2) is 5.35. The molecule has 0 aliphatic carbocycles. The van der Waals surface area contributed by atoms with Crippen LogP contribution in [0, 0.1) is 11.3 Å². The molecule has 90 valence electrons. The van der Waals surface area contributed by atoms with Crippen molar-refractivity contribution in [3.8, 4) is 11.8 Å². The van der Waals surface area contributed by atoms with Gasteiger partial charge in [0.1, 0.15) is 11.8 Å². The molecule has 0 spiro atoms. The molecular weight excluding hydrogens is 216 g/mol. The Labute approximate surface area is 101 Å². The molecule has 0 unspecified atom stereocenters. The topological polar surface area (TPSA) is 76.1 Å². The zero-order valence-electron chi connectivity index (χ0n) is 10.3. The van der Waals surface area contributed by atoms with Gasteiger partial charge in [-0.1, -0.05) is 19.9 Å². The molecule has 1 aromatic rings. The third kappa shape index (κ3) is 2.56. The van der Waals surface area contributed by atoms with Gasteiger partial charge in [-0.25, -0.2) is 0 Å². The van der Waals surface area contributed by atoms with Crippen molar-refractivity contribution in [2.45, 2.75) is 26.7 Å². The molecule has 0 radical (unpaired) electrons. The molecule has 0 aliphatic heterocycles. The van der Waals surface area contributed by atoms with Crippen LogP contribution in [0.2, 0.25) is 0 Å². The SMILES string of the molecule is CCOc1c(C(N)=O)ccc(C(C)C)c1C#N. The molecule has 4 nitrogen and oxygen atoms in total. The van der Waals surface area contributed by atoms with Gasteiger partial charge in [0.25, 0.3) is 5.91 Å². The van der Waals surface area contributed by atoms with Crippen molar-refractivity contribution in [3.63, 3.8) is 0 Å². The van der Waals surface area contributed by atoms with Gasteiger partial charge in [-0.2, -0.15) is 5.26 Å².